The maximum Gasteiger partial charge on any atom is 0.164 e. The van der Waals surface area contributed by atoms with Gasteiger partial charge in [0.1, 0.15) is 29.8 Å². The number of nitrogens with two attached hydrogens (primary N) is 1. The van der Waals surface area contributed by atoms with Gasteiger partial charge in [-0.1, -0.05) is 11.8 Å². The summed E-state index contributed by atoms with van der Waals surface area (Å²) in [4.78, 5) is 16.8. The second-order valence-corrected chi connectivity index (χ2v) is 8.68. The molecule has 160 valence electrons. The van der Waals surface area contributed by atoms with Gasteiger partial charge in [0.15, 0.2) is 22.6 Å². The van der Waals surface area contributed by atoms with Crippen molar-refractivity contribution in [3.8, 4) is 5.75 Å². The smallest absolute Gasteiger partial charge is 0.164 e. The monoisotopic (exact) mass is 446 g/mol. The van der Waals surface area contributed by atoms with Crippen molar-refractivity contribution in [2.75, 3.05) is 19.1 Å². The predicted octanol–water partition coefficient (Wildman–Crippen LogP) is 3.67. The summed E-state index contributed by atoms with van der Waals surface area (Å²) in [6.45, 7) is -0.979. The van der Waals surface area contributed by atoms with Gasteiger partial charge >= 0.3 is 0 Å². The van der Waals surface area contributed by atoms with Crippen LogP contribution in [0.15, 0.2) is 35.7 Å². The predicted molar refractivity (Wildman–Crippen MR) is 112 cm³/mol. The van der Waals surface area contributed by atoms with Gasteiger partial charge < -0.3 is 15.8 Å². The quantitative estimate of drug-likeness (QED) is 0.617. The Balaban J connectivity index is 1.59. The molecule has 0 amide bonds. The third-order valence-corrected chi connectivity index (χ3v) is 6.73. The highest BCUT2D eigenvalue weighted by molar-refractivity contribution is 8.14. The minimum atomic E-state index is -1.54. The zero-order valence-corrected chi connectivity index (χ0v) is 17.1. The van der Waals surface area contributed by atoms with E-state index in [4.69, 9.17) is 10.5 Å². The van der Waals surface area contributed by atoms with Crippen LogP contribution >= 0.6 is 11.8 Å². The lowest BCUT2D eigenvalue weighted by atomic mass is 9.85. The molecule has 1 aliphatic carbocycles. The minimum Gasteiger partial charge on any atom is -0.495 e. The van der Waals surface area contributed by atoms with Crippen LogP contribution in [0.2, 0.25) is 0 Å². The SMILES string of the molecule is COc1cnc2c(Nc3cc(F)c(F)c([C@@]4(CF)N=C(N)SC5C[C@H]54)c3)ncnc2c1. The third-order valence-electron chi connectivity index (χ3n) is 5.57. The summed E-state index contributed by atoms with van der Waals surface area (Å²) in [5.74, 6) is -1.70. The van der Waals surface area contributed by atoms with Crippen molar-refractivity contribution in [2.45, 2.75) is 17.2 Å². The van der Waals surface area contributed by atoms with Crippen molar-refractivity contribution in [3.05, 3.63) is 47.9 Å². The van der Waals surface area contributed by atoms with Gasteiger partial charge in [-0.15, -0.1) is 0 Å². The van der Waals surface area contributed by atoms with Gasteiger partial charge in [-0.3, -0.25) is 0 Å². The molecular formula is C20H17F3N6OS. The molecule has 1 fully saturated rings. The normalized spacial score (nSPS) is 24.5. The molecule has 0 saturated heterocycles. The fraction of sp³-hybridized carbons (Fsp3) is 0.300. The first-order chi connectivity index (χ1) is 14.9. The Morgan fingerprint density at radius 3 is 2.87 bits per heavy atom. The van der Waals surface area contributed by atoms with Gasteiger partial charge in [-0.05, 0) is 12.5 Å². The highest BCUT2D eigenvalue weighted by Gasteiger charge is 2.58. The number of nitrogens with one attached hydrogen (secondary N) is 1. The molecule has 0 spiro atoms. The number of rotatable bonds is 5. The second kappa shape index (κ2) is 7.26. The molecule has 2 aromatic heterocycles. The van der Waals surface area contributed by atoms with E-state index in [1.807, 2.05) is 0 Å². The fourth-order valence-electron chi connectivity index (χ4n) is 3.97. The number of hydrogen-bond acceptors (Lipinski definition) is 8. The van der Waals surface area contributed by atoms with Gasteiger partial charge in [-0.2, -0.15) is 0 Å². The number of aromatic nitrogens is 3. The molecule has 3 heterocycles. The zero-order valence-electron chi connectivity index (χ0n) is 16.3. The molecule has 2 aliphatic rings. The van der Waals surface area contributed by atoms with Gasteiger partial charge in [-0.25, -0.2) is 33.1 Å². The van der Waals surface area contributed by atoms with Gasteiger partial charge in [0.25, 0.3) is 0 Å². The average Bonchev–Trinajstić information content (AvgIpc) is 3.55. The summed E-state index contributed by atoms with van der Waals surface area (Å²) in [5.41, 5.74) is 5.25. The van der Waals surface area contributed by atoms with E-state index < -0.39 is 23.8 Å². The number of thioether (sulfide) groups is 1. The van der Waals surface area contributed by atoms with Crippen LogP contribution in [0.3, 0.4) is 0 Å². The molecule has 5 rings (SSSR count). The Morgan fingerprint density at radius 2 is 2.10 bits per heavy atom. The van der Waals surface area contributed by atoms with E-state index in [2.05, 4.69) is 25.3 Å². The van der Waals surface area contributed by atoms with E-state index in [1.165, 1.54) is 37.5 Å². The molecule has 31 heavy (non-hydrogen) atoms. The summed E-state index contributed by atoms with van der Waals surface area (Å²) in [7, 11) is 1.51. The number of hydrogen-bond donors (Lipinski definition) is 2. The fourth-order valence-corrected chi connectivity index (χ4v) is 5.19. The lowest BCUT2D eigenvalue weighted by molar-refractivity contribution is 0.269. The number of ether oxygens (including phenoxy) is 1. The number of amidine groups is 1. The standard InChI is InChI=1S/C20H17F3N6OS/c1-30-10-4-14-17(25-6-10)18(27-8-26-14)28-9-2-12(16(23)13(22)3-9)20(7-21)11-5-15(11)31-19(24)29-20/h2-4,6,8,11,15H,5,7H2,1H3,(H2,24,29)(H,26,27,28)/t11-,15?,20+/m1/s1. The largest absolute Gasteiger partial charge is 0.495 e. The maximum atomic E-state index is 14.9. The second-order valence-electron chi connectivity index (χ2n) is 7.42. The molecule has 1 saturated carbocycles. The van der Waals surface area contributed by atoms with Crippen molar-refractivity contribution >= 4 is 39.5 Å². The van der Waals surface area contributed by atoms with E-state index in [-0.39, 0.29) is 33.4 Å². The number of aliphatic imine (C=N–C) groups is 1. The van der Waals surface area contributed by atoms with Crippen molar-refractivity contribution in [1.29, 1.82) is 0 Å². The average molecular weight is 446 g/mol. The lowest BCUT2D eigenvalue weighted by Crippen LogP contribution is -2.37. The molecule has 3 N–H and O–H groups in total. The van der Waals surface area contributed by atoms with Gasteiger partial charge in [0.2, 0.25) is 0 Å². The van der Waals surface area contributed by atoms with Crippen LogP contribution in [0.25, 0.3) is 11.0 Å². The first kappa shape index (κ1) is 19.9. The molecule has 1 aliphatic heterocycles. The summed E-state index contributed by atoms with van der Waals surface area (Å²) < 4.78 is 48.9. The number of fused-ring (bicyclic) bond motifs is 2. The Hall–Kier alpha value is -3.08. The molecule has 3 aromatic rings. The first-order valence-corrected chi connectivity index (χ1v) is 10.3. The third kappa shape index (κ3) is 3.23. The van der Waals surface area contributed by atoms with E-state index in [1.54, 1.807) is 6.07 Å². The van der Waals surface area contributed by atoms with E-state index in [0.717, 1.165) is 6.07 Å². The Labute approximate surface area is 179 Å². The van der Waals surface area contributed by atoms with Crippen LogP contribution in [0.1, 0.15) is 12.0 Å². The molecule has 1 unspecified atom stereocenters. The van der Waals surface area contributed by atoms with Crippen LogP contribution < -0.4 is 15.8 Å². The Kier molecular flexibility index (Phi) is 4.65. The zero-order chi connectivity index (χ0) is 21.8. The Morgan fingerprint density at radius 1 is 1.26 bits per heavy atom. The number of halogens is 3. The summed E-state index contributed by atoms with van der Waals surface area (Å²) in [6.07, 6.45) is 3.45. The molecule has 11 heteroatoms. The van der Waals surface area contributed by atoms with Crippen LogP contribution in [0, 0.1) is 17.6 Å². The number of benzene rings is 1. The maximum absolute atomic E-state index is 14.9. The van der Waals surface area contributed by atoms with Crippen LogP contribution in [0.5, 0.6) is 5.75 Å². The molecule has 7 nitrogen and oxygen atoms in total. The number of pyridine rings is 1. The Bertz CT molecular complexity index is 1220. The van der Waals surface area contributed by atoms with E-state index in [0.29, 0.717) is 23.2 Å². The van der Waals surface area contributed by atoms with Gasteiger partial charge in [0, 0.05) is 34.6 Å². The molecular weight excluding hydrogens is 429 g/mol. The molecule has 0 radical (unpaired) electrons. The van der Waals surface area contributed by atoms with Crippen molar-refractivity contribution in [3.63, 3.8) is 0 Å². The highest BCUT2D eigenvalue weighted by atomic mass is 32.2. The number of anilines is 2. The molecule has 0 bridgehead atoms. The van der Waals surface area contributed by atoms with E-state index >= 15 is 0 Å². The number of nitrogens with zero attached hydrogens (tertiary/aromatic N) is 4. The first-order valence-electron chi connectivity index (χ1n) is 9.44. The summed E-state index contributed by atoms with van der Waals surface area (Å²) in [5, 5.41) is 3.17. The molecule has 1 aromatic carbocycles. The lowest BCUT2D eigenvalue weighted by Gasteiger charge is -2.31. The van der Waals surface area contributed by atoms with Crippen LogP contribution in [-0.4, -0.2) is 39.2 Å². The molecule has 3 atom stereocenters. The number of methoxy groups -OCH3 is 1. The van der Waals surface area contributed by atoms with Crippen molar-refractivity contribution in [1.82, 2.24) is 15.0 Å². The van der Waals surface area contributed by atoms with Gasteiger partial charge in [0.05, 0.1) is 18.8 Å². The summed E-state index contributed by atoms with van der Waals surface area (Å²) >= 11 is 1.34. The van der Waals surface area contributed by atoms with Crippen molar-refractivity contribution in [2.24, 2.45) is 16.6 Å². The number of alkyl halides is 1. The van der Waals surface area contributed by atoms with Crippen LogP contribution in [-0.2, 0) is 5.54 Å². The van der Waals surface area contributed by atoms with Crippen molar-refractivity contribution < 1.29 is 17.9 Å². The van der Waals surface area contributed by atoms with E-state index in [9.17, 15) is 13.2 Å². The summed E-state index contributed by atoms with van der Waals surface area (Å²) in [6, 6.07) is 4.02. The topological polar surface area (TPSA) is 98.3 Å². The highest BCUT2D eigenvalue weighted by Crippen LogP contribution is 2.58. The van der Waals surface area contributed by atoms with Crippen LogP contribution in [0.4, 0.5) is 24.7 Å². The minimum absolute atomic E-state index is 0.0531.